The van der Waals surface area contributed by atoms with Gasteiger partial charge in [-0.15, -0.1) is 0 Å². The fourth-order valence-electron chi connectivity index (χ4n) is 1.57. The van der Waals surface area contributed by atoms with Crippen LogP contribution in [0.2, 0.25) is 0 Å². The van der Waals surface area contributed by atoms with Gasteiger partial charge < -0.3 is 10.1 Å². The van der Waals surface area contributed by atoms with Crippen molar-refractivity contribution in [3.8, 4) is 0 Å². The van der Waals surface area contributed by atoms with Crippen LogP contribution in [0.1, 0.15) is 22.1 Å². The maximum atomic E-state index is 13.7. The molecule has 1 aromatic rings. The van der Waals surface area contributed by atoms with Gasteiger partial charge in [0.2, 0.25) is 0 Å². The molecule has 1 amide bonds. The Balaban J connectivity index is 2.46. The highest BCUT2D eigenvalue weighted by Gasteiger charge is 2.33. The maximum Gasteiger partial charge on any atom is 0.253 e. The predicted molar refractivity (Wildman–Crippen MR) is 48.6 cm³/mol. The predicted octanol–water partition coefficient (Wildman–Crippen LogP) is 1.41. The van der Waals surface area contributed by atoms with Crippen molar-refractivity contribution < 1.29 is 13.9 Å². The van der Waals surface area contributed by atoms with Gasteiger partial charge in [-0.05, 0) is 6.07 Å². The molecule has 1 aliphatic heterocycles. The van der Waals surface area contributed by atoms with Crippen molar-refractivity contribution in [2.45, 2.75) is 12.4 Å². The number of benzene rings is 1. The zero-order valence-corrected chi connectivity index (χ0v) is 7.66. The molecule has 0 aromatic heterocycles. The average Bonchev–Trinajstić information content (AvgIpc) is 2.23. The van der Waals surface area contributed by atoms with Crippen molar-refractivity contribution in [1.29, 1.82) is 0 Å². The third-order valence-electron chi connectivity index (χ3n) is 2.30. The number of ether oxygens (including phenoxy) is 1. The second kappa shape index (κ2) is 3.38. The smallest absolute Gasteiger partial charge is 0.253 e. The van der Waals surface area contributed by atoms with Crippen LogP contribution in [0.15, 0.2) is 24.3 Å². The second-order valence-corrected chi connectivity index (χ2v) is 3.12. The number of hydrogen-bond donors (Lipinski definition) is 1. The Hall–Kier alpha value is -1.42. The molecule has 74 valence electrons. The normalized spacial score (nSPS) is 25.4. The lowest BCUT2D eigenvalue weighted by atomic mass is 9.98. The van der Waals surface area contributed by atoms with Gasteiger partial charge in [-0.3, -0.25) is 4.79 Å². The molecule has 0 radical (unpaired) electrons. The minimum Gasteiger partial charge on any atom is -0.358 e. The van der Waals surface area contributed by atoms with Crippen molar-refractivity contribution in [3.63, 3.8) is 0 Å². The Labute approximate surface area is 80.9 Å². The number of hydrogen-bond acceptors (Lipinski definition) is 2. The average molecular weight is 195 g/mol. The molecule has 2 rings (SSSR count). The summed E-state index contributed by atoms with van der Waals surface area (Å²) >= 11 is 0. The Morgan fingerprint density at radius 2 is 2.14 bits per heavy atom. The molecule has 14 heavy (non-hydrogen) atoms. The first-order chi connectivity index (χ1) is 6.74. The molecule has 0 fully saturated rings. The van der Waals surface area contributed by atoms with Crippen LogP contribution in [0.25, 0.3) is 0 Å². The van der Waals surface area contributed by atoms with E-state index in [1.165, 1.54) is 7.11 Å². The largest absolute Gasteiger partial charge is 0.358 e. The van der Waals surface area contributed by atoms with Crippen LogP contribution < -0.4 is 5.32 Å². The molecule has 2 atom stereocenters. The summed E-state index contributed by atoms with van der Waals surface area (Å²) < 4.78 is 18.5. The first-order valence-electron chi connectivity index (χ1n) is 4.30. The van der Waals surface area contributed by atoms with Crippen molar-refractivity contribution in [2.24, 2.45) is 0 Å². The van der Waals surface area contributed by atoms with Gasteiger partial charge in [0, 0.05) is 18.2 Å². The first-order valence-corrected chi connectivity index (χ1v) is 4.30. The molecule has 1 N–H and O–H groups in total. The summed E-state index contributed by atoms with van der Waals surface area (Å²) in [4.78, 5) is 11.4. The Morgan fingerprint density at radius 3 is 2.86 bits per heavy atom. The lowest BCUT2D eigenvalue weighted by Crippen LogP contribution is -2.44. The van der Waals surface area contributed by atoms with E-state index in [0.29, 0.717) is 11.1 Å². The van der Waals surface area contributed by atoms with Crippen LogP contribution in [0.4, 0.5) is 4.39 Å². The minimum absolute atomic E-state index is 0.290. The summed E-state index contributed by atoms with van der Waals surface area (Å²) in [6, 6.07) is 6.61. The summed E-state index contributed by atoms with van der Waals surface area (Å²) in [7, 11) is 1.37. The maximum absolute atomic E-state index is 13.7. The molecule has 1 aromatic carbocycles. The number of rotatable bonds is 1. The van der Waals surface area contributed by atoms with Crippen molar-refractivity contribution >= 4 is 5.91 Å². The summed E-state index contributed by atoms with van der Waals surface area (Å²) in [5, 5.41) is 2.44. The molecular weight excluding hydrogens is 185 g/mol. The number of amides is 1. The summed E-state index contributed by atoms with van der Waals surface area (Å²) in [6.45, 7) is 0. The molecule has 4 heteroatoms. The number of carbonyl (C=O) groups is 1. The SMILES string of the molecule is COC1NC(=O)c2ccccc2C1F. The molecule has 0 spiro atoms. The fraction of sp³-hybridized carbons (Fsp3) is 0.300. The summed E-state index contributed by atoms with van der Waals surface area (Å²) in [5.41, 5.74) is 0.774. The highest BCUT2D eigenvalue weighted by atomic mass is 19.1. The van der Waals surface area contributed by atoms with E-state index in [0.717, 1.165) is 0 Å². The van der Waals surface area contributed by atoms with Crippen molar-refractivity contribution in [2.75, 3.05) is 7.11 Å². The molecular formula is C10H10FNO2. The van der Waals surface area contributed by atoms with Crippen LogP contribution >= 0.6 is 0 Å². The van der Waals surface area contributed by atoms with Crippen LogP contribution in [-0.4, -0.2) is 19.2 Å². The number of halogens is 1. The van der Waals surface area contributed by atoms with Gasteiger partial charge in [-0.25, -0.2) is 4.39 Å². The molecule has 0 aliphatic carbocycles. The zero-order valence-electron chi connectivity index (χ0n) is 7.66. The summed E-state index contributed by atoms with van der Waals surface area (Å²) in [5.74, 6) is -0.290. The Kier molecular flexibility index (Phi) is 2.21. The van der Waals surface area contributed by atoms with E-state index in [9.17, 15) is 9.18 Å². The Bertz CT molecular complexity index is 367. The van der Waals surface area contributed by atoms with E-state index in [2.05, 4.69) is 5.32 Å². The lowest BCUT2D eigenvalue weighted by Gasteiger charge is -2.27. The fourth-order valence-corrected chi connectivity index (χ4v) is 1.57. The van der Waals surface area contributed by atoms with E-state index in [1.54, 1.807) is 24.3 Å². The van der Waals surface area contributed by atoms with Gasteiger partial charge in [-0.2, -0.15) is 0 Å². The van der Waals surface area contributed by atoms with Gasteiger partial charge >= 0.3 is 0 Å². The van der Waals surface area contributed by atoms with Crippen LogP contribution in [0.3, 0.4) is 0 Å². The number of nitrogens with one attached hydrogen (secondary N) is 1. The zero-order chi connectivity index (χ0) is 10.1. The number of fused-ring (bicyclic) bond motifs is 1. The molecule has 0 saturated heterocycles. The highest BCUT2D eigenvalue weighted by molar-refractivity contribution is 5.97. The van der Waals surface area contributed by atoms with E-state index in [-0.39, 0.29) is 5.91 Å². The standard InChI is InChI=1S/C10H10FNO2/c1-14-10-8(11)6-4-2-3-5-7(6)9(13)12-10/h2-5,8,10H,1H3,(H,12,13). The molecule has 1 heterocycles. The molecule has 2 unspecified atom stereocenters. The van der Waals surface area contributed by atoms with Crippen LogP contribution in [-0.2, 0) is 4.74 Å². The number of methoxy groups -OCH3 is 1. The lowest BCUT2D eigenvalue weighted by molar-refractivity contribution is 0.00278. The third-order valence-corrected chi connectivity index (χ3v) is 2.30. The van der Waals surface area contributed by atoms with Gasteiger partial charge in [0.1, 0.15) is 0 Å². The quantitative estimate of drug-likeness (QED) is 0.735. The van der Waals surface area contributed by atoms with Crippen LogP contribution in [0, 0.1) is 0 Å². The molecule has 3 nitrogen and oxygen atoms in total. The van der Waals surface area contributed by atoms with E-state index < -0.39 is 12.4 Å². The van der Waals surface area contributed by atoms with Crippen molar-refractivity contribution in [3.05, 3.63) is 35.4 Å². The molecule has 0 saturated carbocycles. The van der Waals surface area contributed by atoms with Gasteiger partial charge in [0.05, 0.1) is 0 Å². The number of carbonyl (C=O) groups excluding carboxylic acids is 1. The monoisotopic (exact) mass is 195 g/mol. The minimum atomic E-state index is -1.30. The van der Waals surface area contributed by atoms with Crippen molar-refractivity contribution in [1.82, 2.24) is 5.32 Å². The number of alkyl halides is 1. The van der Waals surface area contributed by atoms with Gasteiger partial charge in [-0.1, -0.05) is 18.2 Å². The third kappa shape index (κ3) is 1.28. The molecule has 1 aliphatic rings. The summed E-state index contributed by atoms with van der Waals surface area (Å²) in [6.07, 6.45) is -2.17. The topological polar surface area (TPSA) is 38.3 Å². The van der Waals surface area contributed by atoms with E-state index in [1.807, 2.05) is 0 Å². The Morgan fingerprint density at radius 1 is 1.43 bits per heavy atom. The molecule has 0 bridgehead atoms. The van der Waals surface area contributed by atoms with E-state index in [4.69, 9.17) is 4.74 Å². The second-order valence-electron chi connectivity index (χ2n) is 3.12. The van der Waals surface area contributed by atoms with Gasteiger partial charge in [0.25, 0.3) is 5.91 Å². The highest BCUT2D eigenvalue weighted by Crippen LogP contribution is 2.29. The van der Waals surface area contributed by atoms with Crippen LogP contribution in [0.5, 0.6) is 0 Å². The first kappa shape index (κ1) is 9.15. The van der Waals surface area contributed by atoms with Gasteiger partial charge in [0.15, 0.2) is 12.4 Å². The van der Waals surface area contributed by atoms with E-state index >= 15 is 0 Å².